The van der Waals surface area contributed by atoms with Crippen LogP contribution in [-0.2, 0) is 27.5 Å². The van der Waals surface area contributed by atoms with Crippen molar-refractivity contribution in [1.82, 2.24) is 9.99 Å². The number of hydrogen-bond acceptors (Lipinski definition) is 4. The number of carbonyl (C=O) groups is 1. The van der Waals surface area contributed by atoms with Gasteiger partial charge in [-0.05, 0) is 53.6 Å². The Bertz CT molecular complexity index is 1560. The predicted octanol–water partition coefficient (Wildman–Crippen LogP) is 5.10. The van der Waals surface area contributed by atoms with E-state index in [0.717, 1.165) is 11.3 Å². The summed E-state index contributed by atoms with van der Waals surface area (Å²) in [5.41, 5.74) is 2.84. The first-order chi connectivity index (χ1) is 17.5. The number of carbonyl (C=O) groups excluding carboxylic acids is 1. The van der Waals surface area contributed by atoms with Crippen molar-refractivity contribution in [2.75, 3.05) is 0 Å². The molecule has 7 nitrogen and oxygen atoms in total. The van der Waals surface area contributed by atoms with Crippen LogP contribution in [0.3, 0.4) is 0 Å². The summed E-state index contributed by atoms with van der Waals surface area (Å²) in [5.74, 6) is -0.434. The molecule has 0 unspecified atom stereocenters. The zero-order chi connectivity index (χ0) is 26.6. The van der Waals surface area contributed by atoms with Gasteiger partial charge in [0.1, 0.15) is 4.90 Å². The fourth-order valence-electron chi connectivity index (χ4n) is 3.73. The second-order valence-electron chi connectivity index (χ2n) is 8.00. The van der Waals surface area contributed by atoms with Crippen LogP contribution in [0.4, 0.5) is 13.2 Å². The number of hydrazone groups is 1. The monoisotopic (exact) mass is 527 g/mol. The van der Waals surface area contributed by atoms with Crippen molar-refractivity contribution < 1.29 is 30.9 Å². The maximum Gasteiger partial charge on any atom is 0.416 e. The molecule has 0 fully saturated rings. The summed E-state index contributed by atoms with van der Waals surface area (Å²) >= 11 is 0. The Morgan fingerprint density at radius 1 is 0.946 bits per heavy atom. The van der Waals surface area contributed by atoms with E-state index in [1.807, 2.05) is 47.3 Å². The molecule has 0 atom stereocenters. The summed E-state index contributed by atoms with van der Waals surface area (Å²) < 4.78 is 75.1. The third-order valence-corrected chi connectivity index (χ3v) is 6.32. The highest BCUT2D eigenvalue weighted by molar-refractivity contribution is 7.86. The van der Waals surface area contributed by atoms with Gasteiger partial charge in [0.05, 0.1) is 18.2 Å². The van der Waals surface area contributed by atoms with E-state index in [0.29, 0.717) is 18.2 Å². The molecule has 0 saturated heterocycles. The van der Waals surface area contributed by atoms with Gasteiger partial charge in [0.15, 0.2) is 0 Å². The minimum absolute atomic E-state index is 0.0224. The molecule has 0 bridgehead atoms. The third kappa shape index (κ3) is 6.32. The summed E-state index contributed by atoms with van der Waals surface area (Å²) in [5, 5.41) is 3.90. The number of amides is 1. The lowest BCUT2D eigenvalue weighted by Gasteiger charge is -2.14. The first-order valence-electron chi connectivity index (χ1n) is 10.8. The fraction of sp³-hybridized carbons (Fsp3) is 0.0769. The Morgan fingerprint density at radius 2 is 1.68 bits per heavy atom. The van der Waals surface area contributed by atoms with E-state index in [2.05, 4.69) is 10.5 Å². The van der Waals surface area contributed by atoms with Gasteiger partial charge < -0.3 is 4.57 Å². The van der Waals surface area contributed by atoms with Crippen LogP contribution in [-0.4, -0.2) is 29.7 Å². The average Bonchev–Trinajstić information content (AvgIpc) is 3.38. The van der Waals surface area contributed by atoms with Gasteiger partial charge in [0.2, 0.25) is 5.91 Å². The largest absolute Gasteiger partial charge is 0.416 e. The SMILES string of the molecule is O=C(Cc1cccc(-n2cccc2)c1)N/N=C\c1ccccc1-c1cc(C(F)(F)F)ccc1S(=O)(=O)O. The molecule has 0 radical (unpaired) electrons. The van der Waals surface area contributed by atoms with Crippen LogP contribution in [0.15, 0.2) is 101 Å². The molecule has 1 amide bonds. The Hall–Kier alpha value is -4.22. The van der Waals surface area contributed by atoms with Crippen LogP contribution in [0, 0.1) is 0 Å². The Morgan fingerprint density at radius 3 is 2.38 bits per heavy atom. The van der Waals surface area contributed by atoms with E-state index in [4.69, 9.17) is 0 Å². The molecule has 3 aromatic carbocycles. The summed E-state index contributed by atoms with van der Waals surface area (Å²) in [6, 6.07) is 19.0. The molecule has 2 N–H and O–H groups in total. The molecule has 0 aliphatic carbocycles. The number of nitrogens with zero attached hydrogens (tertiary/aromatic N) is 2. The van der Waals surface area contributed by atoms with E-state index in [-0.39, 0.29) is 23.1 Å². The van der Waals surface area contributed by atoms with Crippen molar-refractivity contribution in [2.24, 2.45) is 5.10 Å². The molecule has 0 aliphatic rings. The highest BCUT2D eigenvalue weighted by Gasteiger charge is 2.32. The van der Waals surface area contributed by atoms with Crippen LogP contribution in [0.25, 0.3) is 16.8 Å². The van der Waals surface area contributed by atoms with Crippen LogP contribution in [0.5, 0.6) is 0 Å². The number of nitrogens with one attached hydrogen (secondary N) is 1. The van der Waals surface area contributed by atoms with Crippen LogP contribution in [0.1, 0.15) is 16.7 Å². The maximum atomic E-state index is 13.3. The smallest absolute Gasteiger partial charge is 0.324 e. The van der Waals surface area contributed by atoms with Gasteiger partial charge in [-0.2, -0.15) is 26.7 Å². The third-order valence-electron chi connectivity index (χ3n) is 5.41. The van der Waals surface area contributed by atoms with Gasteiger partial charge in [0.25, 0.3) is 10.1 Å². The number of halogens is 3. The maximum absolute atomic E-state index is 13.3. The molecule has 1 aromatic heterocycles. The Labute approximate surface area is 210 Å². The van der Waals surface area contributed by atoms with Crippen LogP contribution in [0.2, 0.25) is 0 Å². The summed E-state index contributed by atoms with van der Waals surface area (Å²) in [6.45, 7) is 0. The average molecular weight is 528 g/mol. The molecule has 190 valence electrons. The topological polar surface area (TPSA) is 101 Å². The highest BCUT2D eigenvalue weighted by Crippen LogP contribution is 2.36. The van der Waals surface area contributed by atoms with Gasteiger partial charge in [-0.1, -0.05) is 36.4 Å². The summed E-state index contributed by atoms with van der Waals surface area (Å²) in [6.07, 6.45) is 0.228. The van der Waals surface area contributed by atoms with Gasteiger partial charge in [0, 0.05) is 29.2 Å². The van der Waals surface area contributed by atoms with Gasteiger partial charge >= 0.3 is 6.18 Å². The lowest BCUT2D eigenvalue weighted by atomic mass is 9.98. The molecule has 0 spiro atoms. The zero-order valence-electron chi connectivity index (χ0n) is 19.1. The number of benzene rings is 3. The van der Waals surface area contributed by atoms with Crippen molar-refractivity contribution in [3.05, 3.63) is 108 Å². The van der Waals surface area contributed by atoms with Crippen molar-refractivity contribution in [2.45, 2.75) is 17.5 Å². The number of alkyl halides is 3. The van der Waals surface area contributed by atoms with Crippen molar-refractivity contribution >= 4 is 22.2 Å². The lowest BCUT2D eigenvalue weighted by Crippen LogP contribution is -2.19. The Kier molecular flexibility index (Phi) is 7.28. The van der Waals surface area contributed by atoms with E-state index >= 15 is 0 Å². The standard InChI is InChI=1S/C26H20F3N3O4S/c27-26(28,29)20-10-11-24(37(34,35)36)23(16-20)22-9-2-1-7-19(22)17-30-31-25(33)15-18-6-5-8-21(14-18)32-12-3-4-13-32/h1-14,16-17H,15H2,(H,31,33)(H,34,35,36)/b30-17-. The van der Waals surface area contributed by atoms with Gasteiger partial charge in [-0.15, -0.1) is 0 Å². The molecular weight excluding hydrogens is 507 g/mol. The molecule has 4 rings (SSSR count). The lowest BCUT2D eigenvalue weighted by molar-refractivity contribution is -0.137. The number of hydrogen-bond donors (Lipinski definition) is 2. The first kappa shape index (κ1) is 25.9. The molecule has 37 heavy (non-hydrogen) atoms. The molecule has 11 heteroatoms. The van der Waals surface area contributed by atoms with E-state index in [9.17, 15) is 30.9 Å². The summed E-state index contributed by atoms with van der Waals surface area (Å²) in [4.78, 5) is 11.7. The molecule has 1 heterocycles. The van der Waals surface area contributed by atoms with Crippen molar-refractivity contribution in [3.8, 4) is 16.8 Å². The normalized spacial score (nSPS) is 12.1. The van der Waals surface area contributed by atoms with Crippen molar-refractivity contribution in [3.63, 3.8) is 0 Å². The minimum atomic E-state index is -4.83. The number of aromatic nitrogens is 1. The number of rotatable bonds is 7. The zero-order valence-corrected chi connectivity index (χ0v) is 19.9. The van der Waals surface area contributed by atoms with E-state index in [1.54, 1.807) is 12.1 Å². The van der Waals surface area contributed by atoms with Crippen LogP contribution < -0.4 is 5.43 Å². The van der Waals surface area contributed by atoms with Gasteiger partial charge in [-0.25, -0.2) is 5.43 Å². The second-order valence-corrected chi connectivity index (χ2v) is 9.39. The molecule has 0 saturated carbocycles. The highest BCUT2D eigenvalue weighted by atomic mass is 32.2. The molecule has 4 aromatic rings. The van der Waals surface area contributed by atoms with Crippen LogP contribution >= 0.6 is 0 Å². The minimum Gasteiger partial charge on any atom is -0.324 e. The summed E-state index contributed by atoms with van der Waals surface area (Å²) in [7, 11) is -4.83. The molecule has 0 aliphatic heterocycles. The van der Waals surface area contributed by atoms with E-state index in [1.165, 1.54) is 24.4 Å². The predicted molar refractivity (Wildman–Crippen MR) is 132 cm³/mol. The van der Waals surface area contributed by atoms with E-state index < -0.39 is 32.7 Å². The van der Waals surface area contributed by atoms with Crippen molar-refractivity contribution in [1.29, 1.82) is 0 Å². The Balaban J connectivity index is 1.57. The fourth-order valence-corrected chi connectivity index (χ4v) is 4.42. The first-order valence-corrected chi connectivity index (χ1v) is 12.3. The molecular formula is C26H20F3N3O4S. The van der Waals surface area contributed by atoms with Gasteiger partial charge in [-0.3, -0.25) is 9.35 Å². The quantitative estimate of drug-likeness (QED) is 0.198. The second kappa shape index (κ2) is 10.4.